The van der Waals surface area contributed by atoms with Crippen LogP contribution in [0.2, 0.25) is 0 Å². The van der Waals surface area contributed by atoms with Gasteiger partial charge in [0.05, 0.1) is 5.56 Å². The second kappa shape index (κ2) is 9.42. The number of carboxylic acid groups (broad SMARTS) is 1. The summed E-state index contributed by atoms with van der Waals surface area (Å²) in [5.41, 5.74) is 4.11. The van der Waals surface area contributed by atoms with Gasteiger partial charge < -0.3 is 14.6 Å². The maximum absolute atomic E-state index is 11.5. The van der Waals surface area contributed by atoms with Gasteiger partial charge in [0.15, 0.2) is 0 Å². The first-order chi connectivity index (χ1) is 14.1. The summed E-state index contributed by atoms with van der Waals surface area (Å²) >= 11 is 0. The standard InChI is InChI=1S/C25H22O4/c1-3-18-5-9-20(10-6-18)16-28-23-13-22(25(26)27)14-24(15-23)29-17-21-11-7-19(4-2)8-12-21/h3-15H,1-2,16-17H2,(H,26,27). The fraction of sp³-hybridized carbons (Fsp3) is 0.0800. The predicted molar refractivity (Wildman–Crippen MR) is 115 cm³/mol. The Morgan fingerprint density at radius 3 is 1.52 bits per heavy atom. The van der Waals surface area contributed by atoms with E-state index in [4.69, 9.17) is 9.47 Å². The Morgan fingerprint density at radius 1 is 0.759 bits per heavy atom. The van der Waals surface area contributed by atoms with Gasteiger partial charge >= 0.3 is 5.97 Å². The molecule has 0 saturated carbocycles. The van der Waals surface area contributed by atoms with Crippen LogP contribution < -0.4 is 9.47 Å². The van der Waals surface area contributed by atoms with E-state index in [2.05, 4.69) is 13.2 Å². The number of aromatic carboxylic acids is 1. The van der Waals surface area contributed by atoms with E-state index in [-0.39, 0.29) is 5.56 Å². The Kier molecular flexibility index (Phi) is 6.48. The predicted octanol–water partition coefficient (Wildman–Crippen LogP) is 5.83. The monoisotopic (exact) mass is 386 g/mol. The molecule has 29 heavy (non-hydrogen) atoms. The summed E-state index contributed by atoms with van der Waals surface area (Å²) in [7, 11) is 0. The third-order valence-electron chi connectivity index (χ3n) is 4.37. The van der Waals surface area contributed by atoms with Gasteiger partial charge in [0.2, 0.25) is 0 Å². The molecule has 0 aliphatic heterocycles. The van der Waals surface area contributed by atoms with E-state index in [1.54, 1.807) is 18.2 Å². The van der Waals surface area contributed by atoms with Gasteiger partial charge in [0, 0.05) is 6.07 Å². The van der Waals surface area contributed by atoms with Crippen LogP contribution in [0.5, 0.6) is 11.5 Å². The third-order valence-corrected chi connectivity index (χ3v) is 4.37. The number of benzene rings is 3. The summed E-state index contributed by atoms with van der Waals surface area (Å²) in [4.78, 5) is 11.5. The number of carboxylic acids is 1. The number of carbonyl (C=O) groups is 1. The first-order valence-electron chi connectivity index (χ1n) is 9.14. The van der Waals surface area contributed by atoms with Gasteiger partial charge in [-0.3, -0.25) is 0 Å². The van der Waals surface area contributed by atoms with Crippen LogP contribution in [0.25, 0.3) is 12.2 Å². The maximum atomic E-state index is 11.5. The summed E-state index contributed by atoms with van der Waals surface area (Å²) in [5.74, 6) is -0.157. The number of rotatable bonds is 9. The number of hydrogen-bond acceptors (Lipinski definition) is 3. The zero-order valence-corrected chi connectivity index (χ0v) is 16.0. The minimum Gasteiger partial charge on any atom is -0.489 e. The summed E-state index contributed by atoms with van der Waals surface area (Å²) < 4.78 is 11.6. The lowest BCUT2D eigenvalue weighted by Crippen LogP contribution is -2.02. The normalized spacial score (nSPS) is 10.2. The summed E-state index contributed by atoms with van der Waals surface area (Å²) in [6.07, 6.45) is 3.55. The molecule has 0 amide bonds. The molecule has 0 unspecified atom stereocenters. The molecular formula is C25H22O4. The van der Waals surface area contributed by atoms with Gasteiger partial charge in [-0.2, -0.15) is 0 Å². The van der Waals surface area contributed by atoms with Gasteiger partial charge in [0.25, 0.3) is 0 Å². The van der Waals surface area contributed by atoms with Crippen molar-refractivity contribution < 1.29 is 19.4 Å². The van der Waals surface area contributed by atoms with E-state index in [1.165, 1.54) is 12.1 Å². The SMILES string of the molecule is C=Cc1ccc(COc2cc(OCc3ccc(C=C)cc3)cc(C(=O)O)c2)cc1. The third kappa shape index (κ3) is 5.59. The first kappa shape index (κ1) is 20.0. The van der Waals surface area contributed by atoms with E-state index >= 15 is 0 Å². The number of ether oxygens (including phenoxy) is 2. The largest absolute Gasteiger partial charge is 0.489 e. The molecule has 0 aromatic heterocycles. The van der Waals surface area contributed by atoms with Crippen molar-refractivity contribution in [1.29, 1.82) is 0 Å². The molecule has 0 spiro atoms. The lowest BCUT2D eigenvalue weighted by Gasteiger charge is -2.12. The quantitative estimate of drug-likeness (QED) is 0.503. The van der Waals surface area contributed by atoms with Crippen LogP contribution in [0.4, 0.5) is 0 Å². The molecule has 1 N–H and O–H groups in total. The Morgan fingerprint density at radius 2 is 1.17 bits per heavy atom. The Hall–Kier alpha value is -3.79. The van der Waals surface area contributed by atoms with Gasteiger partial charge in [-0.1, -0.05) is 73.8 Å². The van der Waals surface area contributed by atoms with E-state index in [1.807, 2.05) is 48.5 Å². The molecule has 146 valence electrons. The zero-order valence-electron chi connectivity index (χ0n) is 16.0. The van der Waals surface area contributed by atoms with Crippen molar-refractivity contribution >= 4 is 18.1 Å². The molecule has 0 aliphatic rings. The number of hydrogen-bond donors (Lipinski definition) is 1. The van der Waals surface area contributed by atoms with Crippen molar-refractivity contribution in [1.82, 2.24) is 0 Å². The van der Waals surface area contributed by atoms with E-state index < -0.39 is 5.97 Å². The van der Waals surface area contributed by atoms with Crippen LogP contribution in [0, 0.1) is 0 Å². The highest BCUT2D eigenvalue weighted by atomic mass is 16.5. The minimum absolute atomic E-state index is 0.113. The van der Waals surface area contributed by atoms with Crippen LogP contribution >= 0.6 is 0 Å². The summed E-state index contributed by atoms with van der Waals surface area (Å²) in [6.45, 7) is 8.11. The molecule has 0 heterocycles. The molecule has 3 rings (SSSR count). The van der Waals surface area contributed by atoms with E-state index in [0.717, 1.165) is 22.3 Å². The second-order valence-corrected chi connectivity index (χ2v) is 6.47. The lowest BCUT2D eigenvalue weighted by atomic mass is 10.1. The molecular weight excluding hydrogens is 364 g/mol. The average molecular weight is 386 g/mol. The van der Waals surface area contributed by atoms with Crippen LogP contribution in [0.15, 0.2) is 79.9 Å². The molecule has 0 saturated heterocycles. The molecule has 3 aromatic carbocycles. The second-order valence-electron chi connectivity index (χ2n) is 6.47. The van der Waals surface area contributed by atoms with Crippen LogP contribution in [0.3, 0.4) is 0 Å². The zero-order chi connectivity index (χ0) is 20.6. The van der Waals surface area contributed by atoms with E-state index in [0.29, 0.717) is 24.7 Å². The highest BCUT2D eigenvalue weighted by Gasteiger charge is 2.10. The molecule has 4 heteroatoms. The fourth-order valence-corrected chi connectivity index (χ4v) is 2.70. The average Bonchev–Trinajstić information content (AvgIpc) is 2.76. The molecule has 0 radical (unpaired) electrons. The van der Waals surface area contributed by atoms with Crippen LogP contribution in [-0.2, 0) is 13.2 Å². The van der Waals surface area contributed by atoms with Gasteiger partial charge in [-0.15, -0.1) is 0 Å². The minimum atomic E-state index is -1.04. The van der Waals surface area contributed by atoms with Gasteiger partial charge in [0.1, 0.15) is 24.7 Å². The van der Waals surface area contributed by atoms with E-state index in [9.17, 15) is 9.90 Å². The van der Waals surface area contributed by atoms with Crippen molar-refractivity contribution in [3.63, 3.8) is 0 Å². The highest BCUT2D eigenvalue weighted by molar-refractivity contribution is 5.88. The molecule has 0 atom stereocenters. The van der Waals surface area contributed by atoms with Crippen LogP contribution in [-0.4, -0.2) is 11.1 Å². The van der Waals surface area contributed by atoms with Crippen molar-refractivity contribution in [3.8, 4) is 11.5 Å². The first-order valence-corrected chi connectivity index (χ1v) is 9.14. The maximum Gasteiger partial charge on any atom is 0.335 e. The molecule has 0 aliphatic carbocycles. The van der Waals surface area contributed by atoms with Crippen molar-refractivity contribution in [3.05, 3.63) is 108 Å². The molecule has 0 fully saturated rings. The Labute approximate surface area is 170 Å². The highest BCUT2D eigenvalue weighted by Crippen LogP contribution is 2.25. The van der Waals surface area contributed by atoms with Crippen molar-refractivity contribution in [2.45, 2.75) is 13.2 Å². The topological polar surface area (TPSA) is 55.8 Å². The Balaban J connectivity index is 1.71. The van der Waals surface area contributed by atoms with Crippen molar-refractivity contribution in [2.75, 3.05) is 0 Å². The lowest BCUT2D eigenvalue weighted by molar-refractivity contribution is 0.0695. The van der Waals surface area contributed by atoms with Crippen LogP contribution in [0.1, 0.15) is 32.6 Å². The Bertz CT molecular complexity index is 928. The van der Waals surface area contributed by atoms with Gasteiger partial charge in [-0.05, 0) is 34.4 Å². The van der Waals surface area contributed by atoms with Gasteiger partial charge in [-0.25, -0.2) is 4.79 Å². The summed E-state index contributed by atoms with van der Waals surface area (Å²) in [5, 5.41) is 9.39. The smallest absolute Gasteiger partial charge is 0.335 e. The molecule has 4 nitrogen and oxygen atoms in total. The fourth-order valence-electron chi connectivity index (χ4n) is 2.70. The summed E-state index contributed by atoms with van der Waals surface area (Å²) in [6, 6.07) is 20.3. The molecule has 3 aromatic rings. The van der Waals surface area contributed by atoms with Crippen molar-refractivity contribution in [2.24, 2.45) is 0 Å². The molecule has 0 bridgehead atoms.